The van der Waals surface area contributed by atoms with Crippen LogP contribution in [-0.2, 0) is 12.3 Å². The van der Waals surface area contributed by atoms with Gasteiger partial charge in [-0.25, -0.2) is 0 Å². The first-order valence-electron chi connectivity index (χ1n) is 4.64. The van der Waals surface area contributed by atoms with Crippen molar-refractivity contribution < 1.29 is 5.11 Å². The lowest BCUT2D eigenvalue weighted by Crippen LogP contribution is -1.83. The van der Waals surface area contributed by atoms with Crippen molar-refractivity contribution >= 4 is 11.6 Å². The van der Waals surface area contributed by atoms with Gasteiger partial charge in [0, 0.05) is 5.88 Å². The van der Waals surface area contributed by atoms with Gasteiger partial charge in [-0.15, -0.1) is 11.6 Å². The molecule has 0 saturated carbocycles. The largest absolute Gasteiger partial charge is 0.508 e. The molecule has 0 saturated heterocycles. The molecule has 0 radical (unpaired) electrons. The first-order valence-corrected chi connectivity index (χ1v) is 5.17. The van der Waals surface area contributed by atoms with E-state index < -0.39 is 0 Å². The number of aryl methyl sites for hydroxylation is 1. The minimum absolute atomic E-state index is 0.306. The summed E-state index contributed by atoms with van der Waals surface area (Å²) in [6.07, 6.45) is 0.929. The van der Waals surface area contributed by atoms with Crippen LogP contribution in [0, 0.1) is 0 Å². The van der Waals surface area contributed by atoms with Crippen molar-refractivity contribution in [3.8, 4) is 5.75 Å². The van der Waals surface area contributed by atoms with Crippen LogP contribution in [0.3, 0.4) is 0 Å². The van der Waals surface area contributed by atoms with Crippen molar-refractivity contribution in [2.45, 2.75) is 33.1 Å². The van der Waals surface area contributed by atoms with Crippen molar-refractivity contribution in [3.05, 3.63) is 29.3 Å². The average molecular weight is 201 g/mol. The number of phenolic OH excluding ortho intramolecular Hbond substituents is 1. The highest BCUT2D eigenvalue weighted by molar-refractivity contribution is 6.17. The maximum atomic E-state index is 9.20. The van der Waals surface area contributed by atoms with Crippen molar-refractivity contribution in [1.29, 1.82) is 0 Å². The summed E-state index contributed by atoms with van der Waals surface area (Å²) in [4.78, 5) is 0. The lowest BCUT2D eigenvalue weighted by Gasteiger charge is -2.01. The van der Waals surface area contributed by atoms with Gasteiger partial charge < -0.3 is 5.11 Å². The molecule has 0 atom stereocenters. The highest BCUT2D eigenvalue weighted by atomic mass is 35.5. The quantitative estimate of drug-likeness (QED) is 0.722. The Morgan fingerprint density at radius 2 is 1.69 bits per heavy atom. The average Bonchev–Trinajstić information content (AvgIpc) is 2.20. The molecule has 2 heteroatoms. The Morgan fingerprint density at radius 1 is 1.15 bits per heavy atom. The van der Waals surface area contributed by atoms with Crippen LogP contribution in [-0.4, -0.2) is 5.11 Å². The highest BCUT2D eigenvalue weighted by Crippen LogP contribution is 2.17. The first-order chi connectivity index (χ1) is 6.26. The van der Waals surface area contributed by atoms with Gasteiger partial charge in [-0.3, -0.25) is 0 Å². The van der Waals surface area contributed by atoms with Crippen LogP contribution in [0.2, 0.25) is 0 Å². The molecule has 1 N–H and O–H groups in total. The molecule has 0 fully saturated rings. The minimum atomic E-state index is 0.306. The van der Waals surface area contributed by atoms with Gasteiger partial charge in [0.2, 0.25) is 0 Å². The summed E-state index contributed by atoms with van der Waals surface area (Å²) in [5.74, 6) is 0.765. The van der Waals surface area contributed by atoms with E-state index in [2.05, 4.69) is 0 Å². The van der Waals surface area contributed by atoms with Crippen LogP contribution in [0.15, 0.2) is 18.2 Å². The van der Waals surface area contributed by atoms with E-state index in [1.807, 2.05) is 26.8 Å². The van der Waals surface area contributed by atoms with E-state index in [1.54, 1.807) is 12.1 Å². The maximum Gasteiger partial charge on any atom is 0.116 e. The van der Waals surface area contributed by atoms with Crippen LogP contribution >= 0.6 is 11.6 Å². The number of rotatable bonds is 2. The van der Waals surface area contributed by atoms with E-state index in [0.29, 0.717) is 11.6 Å². The Bertz CT molecular complexity index is 224. The van der Waals surface area contributed by atoms with Crippen LogP contribution in [0.5, 0.6) is 5.75 Å². The van der Waals surface area contributed by atoms with Gasteiger partial charge in [0.15, 0.2) is 0 Å². The van der Waals surface area contributed by atoms with E-state index in [1.165, 1.54) is 0 Å². The van der Waals surface area contributed by atoms with E-state index in [0.717, 1.165) is 17.5 Å². The molecule has 0 aliphatic heterocycles. The summed E-state index contributed by atoms with van der Waals surface area (Å²) in [6.45, 7) is 6.05. The summed E-state index contributed by atoms with van der Waals surface area (Å²) in [6, 6.07) is 5.45. The molecule has 1 aromatic rings. The molecule has 0 aliphatic rings. The maximum absolute atomic E-state index is 9.20. The molecule has 1 nitrogen and oxygen atoms in total. The molecule has 0 aliphatic carbocycles. The van der Waals surface area contributed by atoms with Crippen molar-refractivity contribution in [3.63, 3.8) is 0 Å². The lowest BCUT2D eigenvalue weighted by molar-refractivity contribution is 0.474. The second-order valence-electron chi connectivity index (χ2n) is 2.49. The van der Waals surface area contributed by atoms with Gasteiger partial charge in [0.1, 0.15) is 5.75 Å². The molecule has 1 rings (SSSR count). The monoisotopic (exact) mass is 200 g/mol. The SMILES string of the molecule is CC.CCc1cc(O)cc(CCl)c1. The van der Waals surface area contributed by atoms with Gasteiger partial charge in [-0.05, 0) is 29.7 Å². The fourth-order valence-electron chi connectivity index (χ4n) is 1.02. The smallest absolute Gasteiger partial charge is 0.116 e. The fraction of sp³-hybridized carbons (Fsp3) is 0.455. The second-order valence-corrected chi connectivity index (χ2v) is 2.76. The first kappa shape index (κ1) is 12.3. The third-order valence-corrected chi connectivity index (χ3v) is 1.91. The van der Waals surface area contributed by atoms with E-state index in [9.17, 15) is 5.11 Å². The number of benzene rings is 1. The Morgan fingerprint density at radius 3 is 2.15 bits per heavy atom. The normalized spacial score (nSPS) is 8.92. The topological polar surface area (TPSA) is 20.2 Å². The predicted octanol–water partition coefficient (Wildman–Crippen LogP) is 3.72. The number of hydrogen-bond acceptors (Lipinski definition) is 1. The van der Waals surface area contributed by atoms with Crippen molar-refractivity contribution in [1.82, 2.24) is 0 Å². The molecule has 0 amide bonds. The van der Waals surface area contributed by atoms with Gasteiger partial charge in [0.05, 0.1) is 0 Å². The molecule has 0 spiro atoms. The summed E-state index contributed by atoms with van der Waals surface area (Å²) in [5.41, 5.74) is 2.10. The third kappa shape index (κ3) is 4.18. The molecule has 1 aromatic carbocycles. The van der Waals surface area contributed by atoms with Gasteiger partial charge >= 0.3 is 0 Å². The molecular formula is C11H17ClO. The Hall–Kier alpha value is -0.690. The van der Waals surface area contributed by atoms with E-state index in [4.69, 9.17) is 11.6 Å². The number of halogens is 1. The van der Waals surface area contributed by atoms with Crippen LogP contribution in [0.4, 0.5) is 0 Å². The Labute approximate surface area is 85.4 Å². The van der Waals surface area contributed by atoms with Crippen LogP contribution in [0.1, 0.15) is 31.9 Å². The zero-order valence-electron chi connectivity index (χ0n) is 8.47. The fourth-order valence-corrected chi connectivity index (χ4v) is 1.18. The zero-order chi connectivity index (χ0) is 10.3. The number of phenols is 1. The van der Waals surface area contributed by atoms with Gasteiger partial charge in [0.25, 0.3) is 0 Å². The molecule has 0 bridgehead atoms. The number of alkyl halides is 1. The lowest BCUT2D eigenvalue weighted by atomic mass is 10.1. The molecule has 0 heterocycles. The molecular weight excluding hydrogens is 184 g/mol. The standard InChI is InChI=1S/C9H11ClO.C2H6/c1-2-7-3-8(6-10)5-9(11)4-7;1-2/h3-5,11H,2,6H2,1H3;1-2H3. The number of hydrogen-bond donors (Lipinski definition) is 1. The summed E-state index contributed by atoms with van der Waals surface area (Å²) in [7, 11) is 0. The zero-order valence-corrected chi connectivity index (χ0v) is 9.23. The highest BCUT2D eigenvalue weighted by Gasteiger charge is 1.96. The van der Waals surface area contributed by atoms with E-state index in [-0.39, 0.29) is 0 Å². The Kier molecular flexibility index (Phi) is 6.43. The summed E-state index contributed by atoms with van der Waals surface area (Å²) >= 11 is 5.62. The Balaban J connectivity index is 0.000000671. The summed E-state index contributed by atoms with van der Waals surface area (Å²) in [5, 5.41) is 9.20. The summed E-state index contributed by atoms with van der Waals surface area (Å²) < 4.78 is 0. The molecule has 0 unspecified atom stereocenters. The van der Waals surface area contributed by atoms with Crippen molar-refractivity contribution in [2.24, 2.45) is 0 Å². The molecule has 13 heavy (non-hydrogen) atoms. The van der Waals surface area contributed by atoms with Crippen molar-refractivity contribution in [2.75, 3.05) is 0 Å². The molecule has 74 valence electrons. The van der Waals surface area contributed by atoms with E-state index >= 15 is 0 Å². The van der Waals surface area contributed by atoms with Crippen LogP contribution < -0.4 is 0 Å². The van der Waals surface area contributed by atoms with Crippen LogP contribution in [0.25, 0.3) is 0 Å². The van der Waals surface area contributed by atoms with Gasteiger partial charge in [-0.1, -0.05) is 26.8 Å². The number of aromatic hydroxyl groups is 1. The predicted molar refractivity (Wildman–Crippen MR) is 58.4 cm³/mol. The molecule has 0 aromatic heterocycles. The third-order valence-electron chi connectivity index (χ3n) is 1.60. The second kappa shape index (κ2) is 6.79. The minimum Gasteiger partial charge on any atom is -0.508 e. The van der Waals surface area contributed by atoms with Gasteiger partial charge in [-0.2, -0.15) is 0 Å².